The first kappa shape index (κ1) is 17.9. The number of thiophene rings is 1. The topological polar surface area (TPSA) is 76.9 Å². The first-order chi connectivity index (χ1) is 13.0. The van der Waals surface area contributed by atoms with E-state index in [1.54, 1.807) is 11.3 Å². The molecule has 0 fully saturated rings. The van der Waals surface area contributed by atoms with E-state index in [2.05, 4.69) is 22.6 Å². The van der Waals surface area contributed by atoms with Crippen LogP contribution in [0.2, 0.25) is 0 Å². The molecule has 4 rings (SSSR count). The van der Waals surface area contributed by atoms with Crippen molar-refractivity contribution < 1.29 is 4.79 Å². The monoisotopic (exact) mass is 382 g/mol. The Labute approximate surface area is 161 Å². The molecule has 1 aliphatic rings. The molecular weight excluding hydrogens is 360 g/mol. The highest BCUT2D eigenvalue weighted by molar-refractivity contribution is 7.18. The van der Waals surface area contributed by atoms with E-state index in [4.69, 9.17) is 0 Å². The molecule has 3 aromatic rings. The summed E-state index contributed by atoms with van der Waals surface area (Å²) >= 11 is 1.57. The van der Waals surface area contributed by atoms with Crippen LogP contribution in [0.15, 0.2) is 35.1 Å². The summed E-state index contributed by atoms with van der Waals surface area (Å²) in [5.41, 5.74) is 1.91. The molecule has 0 saturated carbocycles. The van der Waals surface area contributed by atoms with Gasteiger partial charge < -0.3 is 5.32 Å². The van der Waals surface area contributed by atoms with Crippen molar-refractivity contribution in [3.63, 3.8) is 0 Å². The van der Waals surface area contributed by atoms with Crippen molar-refractivity contribution in [1.82, 2.24) is 20.3 Å². The van der Waals surface area contributed by atoms with Crippen LogP contribution in [0.25, 0.3) is 10.2 Å². The molecule has 0 aliphatic heterocycles. The quantitative estimate of drug-likeness (QED) is 0.753. The summed E-state index contributed by atoms with van der Waals surface area (Å²) in [4.78, 5) is 27.3. The van der Waals surface area contributed by atoms with Gasteiger partial charge in [-0.2, -0.15) is 0 Å². The largest absolute Gasteiger partial charge is 0.348 e. The van der Waals surface area contributed by atoms with Crippen LogP contribution in [-0.4, -0.2) is 20.9 Å². The summed E-state index contributed by atoms with van der Waals surface area (Å²) < 4.78 is 1.18. The standard InChI is InChI=1S/C20H22N4O2S/c1-12-8-9-15-16(10-12)27-19-18(15)20(26)24(23-22-19)11-17(25)21-13(2)14-6-4-3-5-7-14/h3-7,12-13H,8-11H2,1-2H3,(H,21,25)/t12-,13-/m0/s1. The number of benzene rings is 1. The Morgan fingerprint density at radius 2 is 2.15 bits per heavy atom. The van der Waals surface area contributed by atoms with Gasteiger partial charge in [0, 0.05) is 4.88 Å². The van der Waals surface area contributed by atoms with E-state index in [0.29, 0.717) is 16.1 Å². The van der Waals surface area contributed by atoms with Crippen LogP contribution < -0.4 is 10.9 Å². The lowest BCUT2D eigenvalue weighted by Crippen LogP contribution is -2.35. The molecule has 1 N–H and O–H groups in total. The van der Waals surface area contributed by atoms with Crippen LogP contribution in [0.4, 0.5) is 0 Å². The summed E-state index contributed by atoms with van der Waals surface area (Å²) in [5, 5.41) is 11.8. The molecule has 2 heterocycles. The zero-order valence-electron chi connectivity index (χ0n) is 15.4. The number of amides is 1. The number of fused-ring (bicyclic) bond motifs is 3. The van der Waals surface area contributed by atoms with Crippen molar-refractivity contribution in [2.45, 2.75) is 45.7 Å². The summed E-state index contributed by atoms with van der Waals surface area (Å²) in [6.07, 6.45) is 2.97. The maximum atomic E-state index is 12.9. The number of carbonyl (C=O) groups is 1. The van der Waals surface area contributed by atoms with Gasteiger partial charge in [-0.05, 0) is 43.2 Å². The highest BCUT2D eigenvalue weighted by atomic mass is 32.1. The molecule has 2 aromatic heterocycles. The Morgan fingerprint density at radius 3 is 2.93 bits per heavy atom. The molecule has 1 aromatic carbocycles. The number of hydrogen-bond acceptors (Lipinski definition) is 5. The normalized spacial score (nSPS) is 17.5. The highest BCUT2D eigenvalue weighted by Crippen LogP contribution is 2.35. The van der Waals surface area contributed by atoms with Crippen molar-refractivity contribution in [1.29, 1.82) is 0 Å². The molecule has 0 radical (unpaired) electrons. The molecule has 1 aliphatic carbocycles. The molecule has 0 bridgehead atoms. The van der Waals surface area contributed by atoms with Gasteiger partial charge in [-0.3, -0.25) is 9.59 Å². The second kappa shape index (κ2) is 7.23. The third kappa shape index (κ3) is 3.51. The highest BCUT2D eigenvalue weighted by Gasteiger charge is 2.24. The van der Waals surface area contributed by atoms with E-state index < -0.39 is 0 Å². The molecule has 7 heteroatoms. The number of aromatic nitrogens is 3. The van der Waals surface area contributed by atoms with Gasteiger partial charge in [0.25, 0.3) is 5.56 Å². The first-order valence-corrected chi connectivity index (χ1v) is 10.1. The average molecular weight is 382 g/mol. The van der Waals surface area contributed by atoms with Gasteiger partial charge >= 0.3 is 0 Å². The van der Waals surface area contributed by atoms with Crippen LogP contribution >= 0.6 is 11.3 Å². The zero-order chi connectivity index (χ0) is 19.0. The van der Waals surface area contributed by atoms with Crippen LogP contribution in [-0.2, 0) is 24.2 Å². The van der Waals surface area contributed by atoms with Crippen molar-refractivity contribution in [2.75, 3.05) is 0 Å². The fourth-order valence-electron chi connectivity index (χ4n) is 3.64. The molecule has 140 valence electrons. The lowest BCUT2D eigenvalue weighted by molar-refractivity contribution is -0.122. The first-order valence-electron chi connectivity index (χ1n) is 9.25. The minimum Gasteiger partial charge on any atom is -0.348 e. The van der Waals surface area contributed by atoms with E-state index in [9.17, 15) is 9.59 Å². The zero-order valence-corrected chi connectivity index (χ0v) is 16.3. The predicted molar refractivity (Wildman–Crippen MR) is 106 cm³/mol. The molecule has 0 unspecified atom stereocenters. The Morgan fingerprint density at radius 1 is 1.37 bits per heavy atom. The van der Waals surface area contributed by atoms with Crippen LogP contribution in [0, 0.1) is 5.92 Å². The number of aryl methyl sites for hydroxylation is 1. The summed E-state index contributed by atoms with van der Waals surface area (Å²) in [7, 11) is 0. The Bertz CT molecular complexity index is 1040. The second-order valence-electron chi connectivity index (χ2n) is 7.28. The van der Waals surface area contributed by atoms with Gasteiger partial charge in [0.2, 0.25) is 5.91 Å². The molecule has 0 saturated heterocycles. The molecule has 27 heavy (non-hydrogen) atoms. The van der Waals surface area contributed by atoms with Crippen LogP contribution in [0.3, 0.4) is 0 Å². The van der Waals surface area contributed by atoms with E-state index in [1.165, 1.54) is 9.56 Å². The van der Waals surface area contributed by atoms with E-state index in [-0.39, 0.29) is 24.1 Å². The molecule has 6 nitrogen and oxygen atoms in total. The maximum absolute atomic E-state index is 12.9. The molecule has 2 atom stereocenters. The molecular formula is C20H22N4O2S. The smallest absolute Gasteiger partial charge is 0.279 e. The fourth-order valence-corrected chi connectivity index (χ4v) is 4.96. The summed E-state index contributed by atoms with van der Waals surface area (Å²) in [6.45, 7) is 4.02. The summed E-state index contributed by atoms with van der Waals surface area (Å²) in [6, 6.07) is 9.58. The van der Waals surface area contributed by atoms with Gasteiger partial charge in [-0.25, -0.2) is 4.68 Å². The lowest BCUT2D eigenvalue weighted by Gasteiger charge is -2.17. The fraction of sp³-hybridized carbons (Fsp3) is 0.400. The van der Waals surface area contributed by atoms with Crippen LogP contribution in [0.5, 0.6) is 0 Å². The Balaban J connectivity index is 1.56. The third-order valence-electron chi connectivity index (χ3n) is 5.16. The van der Waals surface area contributed by atoms with E-state index in [1.807, 2.05) is 37.3 Å². The average Bonchev–Trinajstić information content (AvgIpc) is 3.02. The Kier molecular flexibility index (Phi) is 4.78. The number of nitrogens with one attached hydrogen (secondary N) is 1. The molecule has 0 spiro atoms. The van der Waals surface area contributed by atoms with E-state index >= 15 is 0 Å². The lowest BCUT2D eigenvalue weighted by atomic mass is 9.89. The van der Waals surface area contributed by atoms with Crippen LogP contribution in [0.1, 0.15) is 42.3 Å². The van der Waals surface area contributed by atoms with Crippen molar-refractivity contribution in [2.24, 2.45) is 5.92 Å². The Hall–Kier alpha value is -2.54. The maximum Gasteiger partial charge on any atom is 0.279 e. The number of nitrogens with zero attached hydrogens (tertiary/aromatic N) is 3. The number of carbonyl (C=O) groups excluding carboxylic acids is 1. The van der Waals surface area contributed by atoms with Gasteiger partial charge in [0.15, 0.2) is 4.83 Å². The van der Waals surface area contributed by atoms with E-state index in [0.717, 1.165) is 30.4 Å². The van der Waals surface area contributed by atoms with Gasteiger partial charge in [0.05, 0.1) is 11.4 Å². The number of rotatable bonds is 4. The minimum absolute atomic E-state index is 0.125. The summed E-state index contributed by atoms with van der Waals surface area (Å²) in [5.74, 6) is 0.380. The van der Waals surface area contributed by atoms with Gasteiger partial charge in [-0.1, -0.05) is 42.5 Å². The van der Waals surface area contributed by atoms with Crippen molar-refractivity contribution in [3.8, 4) is 0 Å². The third-order valence-corrected chi connectivity index (χ3v) is 6.29. The molecule has 1 amide bonds. The van der Waals surface area contributed by atoms with Gasteiger partial charge in [-0.15, -0.1) is 16.4 Å². The minimum atomic E-state index is -0.250. The van der Waals surface area contributed by atoms with Crippen molar-refractivity contribution >= 4 is 27.5 Å². The predicted octanol–water partition coefficient (Wildman–Crippen LogP) is 2.86. The number of hydrogen-bond donors (Lipinski definition) is 1. The van der Waals surface area contributed by atoms with Gasteiger partial charge in [0.1, 0.15) is 6.54 Å². The van der Waals surface area contributed by atoms with Crippen molar-refractivity contribution in [3.05, 3.63) is 56.7 Å². The second-order valence-corrected chi connectivity index (χ2v) is 8.37. The SMILES string of the molecule is C[C@H]1CCc2c(sc3nnn(CC(=O)N[C@@H](C)c4ccccc4)c(=O)c23)C1.